The van der Waals surface area contributed by atoms with Gasteiger partial charge in [-0.05, 0) is 24.6 Å². The molecule has 0 atom stereocenters. The predicted molar refractivity (Wildman–Crippen MR) is 51.3 cm³/mol. The molecule has 0 radical (unpaired) electrons. The summed E-state index contributed by atoms with van der Waals surface area (Å²) in [6, 6.07) is 0. The molecule has 6 heteroatoms. The Hall–Kier alpha value is 0.190. The van der Waals surface area contributed by atoms with Gasteiger partial charge in [0.25, 0.3) is 4.45 Å². The van der Waals surface area contributed by atoms with Gasteiger partial charge in [0.1, 0.15) is 4.75 Å². The van der Waals surface area contributed by atoms with Crippen molar-refractivity contribution >= 4 is 44.6 Å². The molecule has 0 aliphatic heterocycles. The SMILES string of the molecule is CC(C)(SC(=O)SS)C(=O)O. The van der Waals surface area contributed by atoms with Crippen molar-refractivity contribution in [3.8, 4) is 0 Å². The van der Waals surface area contributed by atoms with Gasteiger partial charge in [-0.2, -0.15) is 0 Å². The number of rotatable bonds is 2. The van der Waals surface area contributed by atoms with Gasteiger partial charge in [0.05, 0.1) is 0 Å². The molecule has 0 fully saturated rings. The van der Waals surface area contributed by atoms with Gasteiger partial charge in [-0.1, -0.05) is 11.8 Å². The van der Waals surface area contributed by atoms with Gasteiger partial charge in [-0.15, -0.1) is 11.7 Å². The minimum Gasteiger partial charge on any atom is -0.480 e. The van der Waals surface area contributed by atoms with E-state index >= 15 is 0 Å². The highest BCUT2D eigenvalue weighted by Crippen LogP contribution is 2.31. The molecule has 0 rings (SSSR count). The zero-order chi connectivity index (χ0) is 9.07. The van der Waals surface area contributed by atoms with E-state index in [1.165, 1.54) is 13.8 Å². The van der Waals surface area contributed by atoms with E-state index < -0.39 is 10.7 Å². The molecule has 0 spiro atoms. The minimum absolute atomic E-state index is 0.305. The highest BCUT2D eigenvalue weighted by atomic mass is 33.1. The molecule has 0 aromatic heterocycles. The van der Waals surface area contributed by atoms with Gasteiger partial charge in [0.2, 0.25) is 0 Å². The molecule has 0 heterocycles. The summed E-state index contributed by atoms with van der Waals surface area (Å²) in [5, 5.41) is 8.58. The lowest BCUT2D eigenvalue weighted by molar-refractivity contribution is -0.138. The second kappa shape index (κ2) is 4.27. The highest BCUT2D eigenvalue weighted by Gasteiger charge is 2.30. The molecule has 3 nitrogen and oxygen atoms in total. The maximum atomic E-state index is 10.7. The molecule has 0 bridgehead atoms. The summed E-state index contributed by atoms with van der Waals surface area (Å²) in [6.45, 7) is 2.95. The molecule has 11 heavy (non-hydrogen) atoms. The summed E-state index contributed by atoms with van der Waals surface area (Å²) in [6.07, 6.45) is 0. The Labute approximate surface area is 78.1 Å². The molecule has 0 unspecified atom stereocenters. The Kier molecular flexibility index (Phi) is 4.35. The van der Waals surface area contributed by atoms with E-state index in [-0.39, 0.29) is 4.45 Å². The van der Waals surface area contributed by atoms with E-state index in [9.17, 15) is 9.59 Å². The second-order valence-corrected chi connectivity index (χ2v) is 5.21. The van der Waals surface area contributed by atoms with Crippen molar-refractivity contribution in [2.75, 3.05) is 0 Å². The van der Waals surface area contributed by atoms with Crippen LogP contribution in [0.5, 0.6) is 0 Å². The fourth-order valence-electron chi connectivity index (χ4n) is 0.271. The largest absolute Gasteiger partial charge is 0.480 e. The Morgan fingerprint density at radius 2 is 1.91 bits per heavy atom. The Morgan fingerprint density at radius 1 is 1.45 bits per heavy atom. The quantitative estimate of drug-likeness (QED) is 0.543. The summed E-state index contributed by atoms with van der Waals surface area (Å²) >= 11 is 4.41. The minimum atomic E-state index is -1.06. The molecule has 0 aliphatic rings. The highest BCUT2D eigenvalue weighted by molar-refractivity contribution is 8.79. The van der Waals surface area contributed by atoms with Crippen LogP contribution >= 0.6 is 34.2 Å². The Bertz CT molecular complexity index is 178. The number of carboxylic acid groups (broad SMARTS) is 1. The smallest absolute Gasteiger partial charge is 0.319 e. The van der Waals surface area contributed by atoms with Gasteiger partial charge < -0.3 is 5.11 Å². The summed E-state index contributed by atoms with van der Waals surface area (Å²) in [7, 11) is 0.724. The maximum Gasteiger partial charge on any atom is 0.319 e. The molecule has 0 aromatic rings. The third-order valence-corrected chi connectivity index (χ3v) is 3.30. The predicted octanol–water partition coefficient (Wildman–Crippen LogP) is 2.28. The van der Waals surface area contributed by atoms with Gasteiger partial charge in [-0.25, -0.2) is 0 Å². The first-order chi connectivity index (χ1) is 4.90. The standard InChI is InChI=1S/C5H8O3S3/c1-5(2,3(6)7)10-4(8)11-9/h9H,1-2H3,(H,6,7). The van der Waals surface area contributed by atoms with Gasteiger partial charge >= 0.3 is 5.97 Å². The number of hydrogen-bond acceptors (Lipinski definition) is 5. The Balaban J connectivity index is 4.12. The zero-order valence-corrected chi connectivity index (χ0v) is 8.55. The lowest BCUT2D eigenvalue weighted by Gasteiger charge is -2.15. The van der Waals surface area contributed by atoms with Crippen LogP contribution in [0.4, 0.5) is 4.79 Å². The van der Waals surface area contributed by atoms with E-state index in [1.807, 2.05) is 0 Å². The number of carbonyl (C=O) groups excluding carboxylic acids is 1. The molecule has 0 saturated heterocycles. The number of thioether (sulfide) groups is 1. The van der Waals surface area contributed by atoms with Gasteiger partial charge in [0.15, 0.2) is 0 Å². The summed E-state index contributed by atoms with van der Waals surface area (Å²) < 4.78 is -1.37. The summed E-state index contributed by atoms with van der Waals surface area (Å²) in [5.41, 5.74) is 0. The maximum absolute atomic E-state index is 10.7. The molecular weight excluding hydrogens is 204 g/mol. The molecule has 0 aromatic carbocycles. The normalized spacial score (nSPS) is 11.2. The van der Waals surface area contributed by atoms with Gasteiger partial charge in [0, 0.05) is 0 Å². The van der Waals surface area contributed by atoms with Crippen molar-refractivity contribution in [3.63, 3.8) is 0 Å². The van der Waals surface area contributed by atoms with Crippen LogP contribution in [-0.2, 0) is 4.79 Å². The van der Waals surface area contributed by atoms with Gasteiger partial charge in [-0.3, -0.25) is 9.59 Å². The first-order valence-corrected chi connectivity index (χ1v) is 5.36. The second-order valence-electron chi connectivity index (χ2n) is 2.26. The van der Waals surface area contributed by atoms with Crippen LogP contribution < -0.4 is 0 Å². The molecule has 0 aliphatic carbocycles. The monoisotopic (exact) mass is 212 g/mol. The summed E-state index contributed by atoms with van der Waals surface area (Å²) in [5.74, 6) is -1.00. The number of thiol groups is 1. The topological polar surface area (TPSA) is 54.4 Å². The van der Waals surface area contributed by atoms with Crippen molar-refractivity contribution in [1.82, 2.24) is 0 Å². The van der Waals surface area contributed by atoms with E-state index in [4.69, 9.17) is 5.11 Å². The number of hydrogen-bond donors (Lipinski definition) is 2. The molecule has 1 N–H and O–H groups in total. The molecule has 64 valence electrons. The fraction of sp³-hybridized carbons (Fsp3) is 0.600. The van der Waals surface area contributed by atoms with Crippen LogP contribution in [0.3, 0.4) is 0 Å². The zero-order valence-electron chi connectivity index (χ0n) is 6.03. The lowest BCUT2D eigenvalue weighted by Crippen LogP contribution is -2.27. The third-order valence-electron chi connectivity index (χ3n) is 0.928. The average molecular weight is 212 g/mol. The van der Waals surface area contributed by atoms with Crippen molar-refractivity contribution in [2.45, 2.75) is 18.6 Å². The van der Waals surface area contributed by atoms with Crippen LogP contribution in [0, 0.1) is 0 Å². The van der Waals surface area contributed by atoms with E-state index in [0.717, 1.165) is 22.6 Å². The fourth-order valence-corrected chi connectivity index (χ4v) is 1.88. The first-order valence-electron chi connectivity index (χ1n) is 2.68. The van der Waals surface area contributed by atoms with E-state index in [1.54, 1.807) is 0 Å². The number of carbonyl (C=O) groups is 2. The van der Waals surface area contributed by atoms with Crippen LogP contribution in [0.2, 0.25) is 0 Å². The molecular formula is C5H8O3S3. The number of aliphatic carboxylic acids is 1. The molecule has 0 saturated carbocycles. The number of carboxylic acids is 1. The Morgan fingerprint density at radius 3 is 2.18 bits per heavy atom. The van der Waals surface area contributed by atoms with Crippen LogP contribution in [0.1, 0.15) is 13.8 Å². The van der Waals surface area contributed by atoms with Crippen LogP contribution in [0.25, 0.3) is 0 Å². The van der Waals surface area contributed by atoms with E-state index in [0.29, 0.717) is 0 Å². The first kappa shape index (κ1) is 11.2. The average Bonchev–Trinajstić information content (AvgIpc) is 1.86. The van der Waals surface area contributed by atoms with Crippen molar-refractivity contribution < 1.29 is 14.7 Å². The van der Waals surface area contributed by atoms with E-state index in [2.05, 4.69) is 11.7 Å². The van der Waals surface area contributed by atoms with Crippen LogP contribution in [0.15, 0.2) is 0 Å². The van der Waals surface area contributed by atoms with Crippen LogP contribution in [-0.4, -0.2) is 20.3 Å². The third kappa shape index (κ3) is 3.93. The van der Waals surface area contributed by atoms with Crippen molar-refractivity contribution in [3.05, 3.63) is 0 Å². The molecule has 0 amide bonds. The van der Waals surface area contributed by atoms with Crippen molar-refractivity contribution in [2.24, 2.45) is 0 Å². The van der Waals surface area contributed by atoms with Crippen molar-refractivity contribution in [1.29, 1.82) is 0 Å². The lowest BCUT2D eigenvalue weighted by atomic mass is 10.2. The summed E-state index contributed by atoms with van der Waals surface area (Å²) in [4.78, 5) is 21.2.